The summed E-state index contributed by atoms with van der Waals surface area (Å²) in [4.78, 5) is 5.66. The average molecular weight is 329 g/mol. The van der Waals surface area contributed by atoms with Crippen molar-refractivity contribution in [2.24, 2.45) is 0 Å². The molecule has 3 heterocycles. The van der Waals surface area contributed by atoms with Gasteiger partial charge in [0, 0.05) is 24.5 Å². The maximum Gasteiger partial charge on any atom is 0.401 e. The van der Waals surface area contributed by atoms with Gasteiger partial charge in [0.2, 0.25) is 0 Å². The molecule has 2 aliphatic heterocycles. The van der Waals surface area contributed by atoms with Crippen LogP contribution < -0.4 is 0 Å². The number of hydrogen-bond donors (Lipinski definition) is 0. The van der Waals surface area contributed by atoms with E-state index in [0.29, 0.717) is 17.9 Å². The molecule has 2 bridgehead atoms. The number of nitrogens with zero attached hydrogens (tertiary/aromatic N) is 2. The normalized spacial score (nSPS) is 32.0. The zero-order chi connectivity index (χ0) is 16.0. The van der Waals surface area contributed by atoms with Crippen LogP contribution in [-0.2, 0) is 5.41 Å². The van der Waals surface area contributed by atoms with Gasteiger partial charge in [0.1, 0.15) is 0 Å². The molecule has 118 valence electrons. The van der Waals surface area contributed by atoms with Gasteiger partial charge in [-0.05, 0) is 37.3 Å². The molecule has 2 aliphatic rings. The van der Waals surface area contributed by atoms with Gasteiger partial charge in [-0.3, -0.25) is 9.88 Å². The zero-order valence-electron chi connectivity index (χ0n) is 11.9. The first-order valence-corrected chi connectivity index (χ1v) is 7.62. The topological polar surface area (TPSA) is 16.1 Å². The van der Waals surface area contributed by atoms with Gasteiger partial charge >= 0.3 is 6.18 Å². The molecule has 0 N–H and O–H groups in total. The minimum absolute atomic E-state index is 0.129. The molecule has 2 unspecified atom stereocenters. The van der Waals surface area contributed by atoms with E-state index < -0.39 is 18.1 Å². The van der Waals surface area contributed by atoms with Gasteiger partial charge in [-0.15, -0.1) is 6.42 Å². The lowest BCUT2D eigenvalue weighted by molar-refractivity contribution is -0.156. The number of halogens is 4. The highest BCUT2D eigenvalue weighted by Gasteiger charge is 2.51. The van der Waals surface area contributed by atoms with Gasteiger partial charge in [-0.2, -0.15) is 13.2 Å². The molecule has 2 fully saturated rings. The lowest BCUT2D eigenvalue weighted by atomic mass is 9.71. The number of fused-ring (bicyclic) bond motifs is 2. The fourth-order valence-electron chi connectivity index (χ4n) is 3.92. The lowest BCUT2D eigenvalue weighted by Gasteiger charge is -2.44. The Morgan fingerprint density at radius 2 is 1.95 bits per heavy atom. The number of aromatic nitrogens is 1. The molecule has 22 heavy (non-hydrogen) atoms. The fraction of sp³-hybridized carbons (Fsp3) is 0.562. The summed E-state index contributed by atoms with van der Waals surface area (Å²) in [6.45, 7) is -0.850. The van der Waals surface area contributed by atoms with Crippen molar-refractivity contribution in [3.05, 3.63) is 29.0 Å². The first kappa shape index (κ1) is 15.6. The van der Waals surface area contributed by atoms with Crippen molar-refractivity contribution in [3.63, 3.8) is 0 Å². The predicted molar refractivity (Wildman–Crippen MR) is 78.6 cm³/mol. The van der Waals surface area contributed by atoms with E-state index in [9.17, 15) is 13.2 Å². The van der Waals surface area contributed by atoms with E-state index in [-0.39, 0.29) is 12.1 Å². The van der Waals surface area contributed by atoms with Crippen molar-refractivity contribution in [3.8, 4) is 12.3 Å². The Kier molecular flexibility index (Phi) is 3.86. The van der Waals surface area contributed by atoms with Crippen LogP contribution in [0, 0.1) is 12.3 Å². The molecular formula is C16H16ClF3N2. The Morgan fingerprint density at radius 3 is 2.45 bits per heavy atom. The van der Waals surface area contributed by atoms with Gasteiger partial charge in [0.15, 0.2) is 0 Å². The second-order valence-corrected chi connectivity index (χ2v) is 6.64. The number of hydrogen-bond acceptors (Lipinski definition) is 2. The number of pyridine rings is 1. The molecule has 0 radical (unpaired) electrons. The average Bonchev–Trinajstić information content (AvgIpc) is 2.69. The first-order valence-electron chi connectivity index (χ1n) is 7.24. The molecule has 1 aromatic heterocycles. The molecule has 3 rings (SSSR count). The van der Waals surface area contributed by atoms with Crippen LogP contribution in [0.25, 0.3) is 0 Å². The van der Waals surface area contributed by atoms with Crippen LogP contribution in [0.4, 0.5) is 13.2 Å². The van der Waals surface area contributed by atoms with Gasteiger partial charge in [0.25, 0.3) is 0 Å². The van der Waals surface area contributed by atoms with Crippen molar-refractivity contribution >= 4 is 11.6 Å². The highest BCUT2D eigenvalue weighted by atomic mass is 35.5. The van der Waals surface area contributed by atoms with Crippen molar-refractivity contribution < 1.29 is 13.2 Å². The maximum atomic E-state index is 12.8. The van der Waals surface area contributed by atoms with E-state index in [4.69, 9.17) is 18.0 Å². The van der Waals surface area contributed by atoms with E-state index in [1.165, 1.54) is 6.20 Å². The highest BCUT2D eigenvalue weighted by Crippen LogP contribution is 2.47. The third kappa shape index (κ3) is 2.82. The Balaban J connectivity index is 1.88. The smallest absolute Gasteiger partial charge is 0.289 e. The number of piperidine rings is 1. The van der Waals surface area contributed by atoms with Crippen LogP contribution in [0.3, 0.4) is 0 Å². The molecular weight excluding hydrogens is 313 g/mol. The van der Waals surface area contributed by atoms with E-state index in [1.807, 2.05) is 0 Å². The largest absolute Gasteiger partial charge is 0.401 e. The SMILES string of the molecule is C#CC1(c2cncc(Cl)c2)CC2CCC(C1)N2CC(F)(F)F. The van der Waals surface area contributed by atoms with Crippen molar-refractivity contribution in [2.45, 2.75) is 49.4 Å². The Morgan fingerprint density at radius 1 is 1.32 bits per heavy atom. The quantitative estimate of drug-likeness (QED) is 0.768. The molecule has 2 saturated heterocycles. The Hall–Kier alpha value is -1.25. The zero-order valence-corrected chi connectivity index (χ0v) is 12.7. The summed E-state index contributed by atoms with van der Waals surface area (Å²) in [5, 5.41) is 0.497. The van der Waals surface area contributed by atoms with Gasteiger partial charge < -0.3 is 0 Å². The molecule has 1 aromatic rings. The van der Waals surface area contributed by atoms with Crippen LogP contribution in [-0.4, -0.2) is 34.7 Å². The third-order valence-electron chi connectivity index (χ3n) is 4.83. The van der Waals surface area contributed by atoms with Crippen molar-refractivity contribution in [1.82, 2.24) is 9.88 Å². The summed E-state index contributed by atoms with van der Waals surface area (Å²) in [5.74, 6) is 2.84. The van der Waals surface area contributed by atoms with Crippen LogP contribution in [0.5, 0.6) is 0 Å². The molecule has 0 amide bonds. The molecule has 0 aliphatic carbocycles. The van der Waals surface area contributed by atoms with E-state index in [1.54, 1.807) is 17.2 Å². The maximum absolute atomic E-state index is 12.8. The summed E-state index contributed by atoms with van der Waals surface area (Å²) in [6, 6.07) is 1.53. The van der Waals surface area contributed by atoms with Gasteiger partial charge in [-0.1, -0.05) is 17.5 Å². The summed E-state index contributed by atoms with van der Waals surface area (Å²) >= 11 is 6.00. The highest BCUT2D eigenvalue weighted by molar-refractivity contribution is 6.30. The number of rotatable bonds is 2. The third-order valence-corrected chi connectivity index (χ3v) is 5.04. The van der Waals surface area contributed by atoms with E-state index in [0.717, 1.165) is 18.4 Å². The summed E-state index contributed by atoms with van der Waals surface area (Å²) in [6.07, 6.45) is 7.40. The minimum Gasteiger partial charge on any atom is -0.289 e. The van der Waals surface area contributed by atoms with Crippen LogP contribution in [0.15, 0.2) is 18.5 Å². The monoisotopic (exact) mass is 328 g/mol. The van der Waals surface area contributed by atoms with E-state index in [2.05, 4.69) is 10.9 Å². The van der Waals surface area contributed by atoms with Crippen LogP contribution in [0.1, 0.15) is 31.2 Å². The molecule has 0 saturated carbocycles. The summed E-state index contributed by atoms with van der Waals surface area (Å²) in [5.41, 5.74) is 0.275. The van der Waals surface area contributed by atoms with Gasteiger partial charge in [-0.25, -0.2) is 0 Å². The molecule has 2 nitrogen and oxygen atoms in total. The van der Waals surface area contributed by atoms with E-state index >= 15 is 0 Å². The minimum atomic E-state index is -4.17. The standard InChI is InChI=1S/C16H16ClF3N2/c1-2-15(11-5-12(17)9-21-8-11)6-13-3-4-14(7-15)22(13)10-16(18,19)20/h1,5,8-9,13-14H,3-4,6-7,10H2. The fourth-order valence-corrected chi connectivity index (χ4v) is 4.09. The van der Waals surface area contributed by atoms with Crippen molar-refractivity contribution in [1.29, 1.82) is 0 Å². The first-order chi connectivity index (χ1) is 10.3. The van der Waals surface area contributed by atoms with Gasteiger partial charge in [0.05, 0.1) is 17.0 Å². The molecule has 6 heteroatoms. The lowest BCUT2D eigenvalue weighted by Crippen LogP contribution is -2.51. The molecule has 0 spiro atoms. The second-order valence-electron chi connectivity index (χ2n) is 6.20. The Bertz CT molecular complexity index is 594. The van der Waals surface area contributed by atoms with Crippen LogP contribution >= 0.6 is 11.6 Å². The molecule has 0 aromatic carbocycles. The second kappa shape index (κ2) is 5.43. The summed E-state index contributed by atoms with van der Waals surface area (Å²) < 4.78 is 38.3. The summed E-state index contributed by atoms with van der Waals surface area (Å²) in [7, 11) is 0. The van der Waals surface area contributed by atoms with Crippen molar-refractivity contribution in [2.75, 3.05) is 6.54 Å². The molecule has 2 atom stereocenters. The van der Waals surface area contributed by atoms with Crippen LogP contribution in [0.2, 0.25) is 5.02 Å². The Labute approximate surface area is 132 Å². The number of alkyl halides is 3. The number of terminal acetylenes is 1. The predicted octanol–water partition coefficient (Wildman–Crippen LogP) is 3.80.